The number of piperidine rings is 2. The summed E-state index contributed by atoms with van der Waals surface area (Å²) in [6.07, 6.45) is 3.58. The Balaban J connectivity index is 1.62. The summed E-state index contributed by atoms with van der Waals surface area (Å²) in [5, 5.41) is 0. The van der Waals surface area contributed by atoms with E-state index in [1.54, 1.807) is 4.90 Å². The zero-order chi connectivity index (χ0) is 18.0. The molecule has 25 heavy (non-hydrogen) atoms. The second kappa shape index (κ2) is 7.06. The van der Waals surface area contributed by atoms with Gasteiger partial charge in [0.25, 0.3) is 0 Å². The average molecular weight is 343 g/mol. The SMILES string of the molecule is CC(C)N1CC2(CCC1=O)CCN(C(=O)N(C)c1ccccc1)CC2. The van der Waals surface area contributed by atoms with E-state index in [1.165, 1.54) is 0 Å². The molecule has 5 nitrogen and oxygen atoms in total. The van der Waals surface area contributed by atoms with Crippen LogP contribution < -0.4 is 4.90 Å². The summed E-state index contributed by atoms with van der Waals surface area (Å²) >= 11 is 0. The van der Waals surface area contributed by atoms with Crippen molar-refractivity contribution in [3.63, 3.8) is 0 Å². The molecule has 2 aliphatic heterocycles. The van der Waals surface area contributed by atoms with E-state index in [1.807, 2.05) is 47.2 Å². The molecular formula is C20H29N3O2. The Bertz CT molecular complexity index is 621. The molecule has 1 aromatic carbocycles. The summed E-state index contributed by atoms with van der Waals surface area (Å²) in [6, 6.07) is 10.1. The molecule has 0 aliphatic carbocycles. The Morgan fingerprint density at radius 3 is 2.36 bits per heavy atom. The van der Waals surface area contributed by atoms with Crippen LogP contribution in [0.1, 0.15) is 39.5 Å². The minimum atomic E-state index is 0.0636. The fraction of sp³-hybridized carbons (Fsp3) is 0.600. The van der Waals surface area contributed by atoms with Gasteiger partial charge in [0.05, 0.1) is 0 Å². The highest BCUT2D eigenvalue weighted by atomic mass is 16.2. The summed E-state index contributed by atoms with van der Waals surface area (Å²) in [4.78, 5) is 30.6. The standard InChI is InChI=1S/C20H29N3O2/c1-16(2)23-15-20(10-9-18(23)24)11-13-22(14-12-20)19(25)21(3)17-7-5-4-6-8-17/h4-8,16H,9-15H2,1-3H3. The van der Waals surface area contributed by atoms with Crippen molar-refractivity contribution in [3.8, 4) is 0 Å². The molecule has 2 aliphatic rings. The highest BCUT2D eigenvalue weighted by Gasteiger charge is 2.42. The van der Waals surface area contributed by atoms with Crippen LogP contribution in [0.4, 0.5) is 10.5 Å². The smallest absolute Gasteiger partial charge is 0.324 e. The summed E-state index contributed by atoms with van der Waals surface area (Å²) in [5.74, 6) is 0.281. The lowest BCUT2D eigenvalue weighted by Gasteiger charge is -2.48. The summed E-state index contributed by atoms with van der Waals surface area (Å²) in [6.45, 7) is 6.57. The van der Waals surface area contributed by atoms with Crippen molar-refractivity contribution in [1.82, 2.24) is 9.80 Å². The topological polar surface area (TPSA) is 43.9 Å². The largest absolute Gasteiger partial charge is 0.340 e. The number of anilines is 1. The van der Waals surface area contributed by atoms with Gasteiger partial charge in [0.15, 0.2) is 0 Å². The zero-order valence-electron chi connectivity index (χ0n) is 15.6. The minimum absolute atomic E-state index is 0.0636. The van der Waals surface area contributed by atoms with Crippen LogP contribution in [0.2, 0.25) is 0 Å². The lowest BCUT2D eigenvalue weighted by molar-refractivity contribution is -0.141. The van der Waals surface area contributed by atoms with E-state index in [-0.39, 0.29) is 23.4 Å². The van der Waals surface area contributed by atoms with E-state index >= 15 is 0 Å². The minimum Gasteiger partial charge on any atom is -0.340 e. The van der Waals surface area contributed by atoms with Crippen molar-refractivity contribution < 1.29 is 9.59 Å². The molecule has 3 amide bonds. The number of hydrogen-bond donors (Lipinski definition) is 0. The number of hydrogen-bond acceptors (Lipinski definition) is 2. The molecule has 1 spiro atoms. The van der Waals surface area contributed by atoms with Gasteiger partial charge >= 0.3 is 6.03 Å². The maximum atomic E-state index is 12.8. The first-order valence-corrected chi connectivity index (χ1v) is 9.29. The molecule has 0 aromatic heterocycles. The Hall–Kier alpha value is -2.04. The van der Waals surface area contributed by atoms with Crippen LogP contribution in [0.25, 0.3) is 0 Å². The van der Waals surface area contributed by atoms with Crippen molar-refractivity contribution in [2.75, 3.05) is 31.6 Å². The van der Waals surface area contributed by atoms with E-state index < -0.39 is 0 Å². The third kappa shape index (κ3) is 3.65. The first kappa shape index (κ1) is 17.8. The quantitative estimate of drug-likeness (QED) is 0.826. The van der Waals surface area contributed by atoms with Gasteiger partial charge in [-0.3, -0.25) is 9.69 Å². The predicted octanol–water partition coefficient (Wildman–Crippen LogP) is 3.36. The van der Waals surface area contributed by atoms with Gasteiger partial charge in [0.2, 0.25) is 5.91 Å². The fourth-order valence-corrected chi connectivity index (χ4v) is 4.07. The van der Waals surface area contributed by atoms with E-state index in [0.717, 1.165) is 44.6 Å². The number of para-hydroxylation sites is 1. The number of rotatable bonds is 2. The normalized spacial score (nSPS) is 20.2. The number of nitrogens with zero attached hydrogens (tertiary/aromatic N) is 3. The van der Waals surface area contributed by atoms with E-state index in [0.29, 0.717) is 6.42 Å². The molecule has 2 fully saturated rings. The molecule has 0 atom stereocenters. The number of carbonyl (C=O) groups is 2. The monoisotopic (exact) mass is 343 g/mol. The van der Waals surface area contributed by atoms with Gasteiger partial charge in [-0.05, 0) is 50.7 Å². The van der Waals surface area contributed by atoms with Crippen LogP contribution in [0.3, 0.4) is 0 Å². The zero-order valence-corrected chi connectivity index (χ0v) is 15.6. The summed E-state index contributed by atoms with van der Waals surface area (Å²) in [5.41, 5.74) is 1.11. The predicted molar refractivity (Wildman–Crippen MR) is 99.6 cm³/mol. The highest BCUT2D eigenvalue weighted by molar-refractivity contribution is 5.91. The van der Waals surface area contributed by atoms with Gasteiger partial charge in [-0.25, -0.2) is 4.79 Å². The fourth-order valence-electron chi connectivity index (χ4n) is 4.07. The maximum Gasteiger partial charge on any atom is 0.324 e. The molecule has 136 valence electrons. The van der Waals surface area contributed by atoms with Crippen molar-refractivity contribution >= 4 is 17.6 Å². The molecule has 5 heteroatoms. The maximum absolute atomic E-state index is 12.8. The van der Waals surface area contributed by atoms with Crippen LogP contribution in [0.5, 0.6) is 0 Å². The number of urea groups is 1. The Labute approximate surface area is 150 Å². The van der Waals surface area contributed by atoms with Crippen molar-refractivity contribution in [3.05, 3.63) is 30.3 Å². The number of benzene rings is 1. The Morgan fingerprint density at radius 1 is 1.12 bits per heavy atom. The van der Waals surface area contributed by atoms with Gasteiger partial charge in [-0.15, -0.1) is 0 Å². The first-order valence-electron chi connectivity index (χ1n) is 9.29. The Morgan fingerprint density at radius 2 is 1.76 bits per heavy atom. The lowest BCUT2D eigenvalue weighted by Crippen LogP contribution is -2.55. The van der Waals surface area contributed by atoms with Gasteiger partial charge in [-0.2, -0.15) is 0 Å². The molecule has 0 saturated carbocycles. The highest BCUT2D eigenvalue weighted by Crippen LogP contribution is 2.41. The van der Waals surface area contributed by atoms with Gasteiger partial charge in [0.1, 0.15) is 0 Å². The van der Waals surface area contributed by atoms with Gasteiger partial charge in [-0.1, -0.05) is 18.2 Å². The number of amides is 3. The third-order valence-corrected chi connectivity index (χ3v) is 5.84. The molecule has 3 rings (SSSR count). The molecule has 0 radical (unpaired) electrons. The van der Waals surface area contributed by atoms with Gasteiger partial charge in [0, 0.05) is 44.8 Å². The van der Waals surface area contributed by atoms with E-state index in [9.17, 15) is 9.59 Å². The summed E-state index contributed by atoms with van der Waals surface area (Å²) in [7, 11) is 1.84. The summed E-state index contributed by atoms with van der Waals surface area (Å²) < 4.78 is 0. The lowest BCUT2D eigenvalue weighted by atomic mass is 9.72. The van der Waals surface area contributed by atoms with Crippen molar-refractivity contribution in [2.24, 2.45) is 5.41 Å². The molecule has 1 aromatic rings. The molecule has 2 saturated heterocycles. The molecule has 0 N–H and O–H groups in total. The second-order valence-electron chi connectivity index (χ2n) is 7.78. The van der Waals surface area contributed by atoms with E-state index in [4.69, 9.17) is 0 Å². The van der Waals surface area contributed by atoms with Crippen LogP contribution in [-0.2, 0) is 4.79 Å². The second-order valence-corrected chi connectivity index (χ2v) is 7.78. The first-order chi connectivity index (χ1) is 11.9. The van der Waals surface area contributed by atoms with Crippen LogP contribution in [0.15, 0.2) is 30.3 Å². The third-order valence-electron chi connectivity index (χ3n) is 5.84. The molecule has 2 heterocycles. The number of carbonyl (C=O) groups excluding carboxylic acids is 2. The molecule has 0 unspecified atom stereocenters. The van der Waals surface area contributed by atoms with Crippen LogP contribution >= 0.6 is 0 Å². The van der Waals surface area contributed by atoms with E-state index in [2.05, 4.69) is 13.8 Å². The van der Waals surface area contributed by atoms with Crippen molar-refractivity contribution in [1.29, 1.82) is 0 Å². The van der Waals surface area contributed by atoms with Gasteiger partial charge < -0.3 is 9.80 Å². The number of likely N-dealkylation sites (tertiary alicyclic amines) is 2. The Kier molecular flexibility index (Phi) is 5.02. The van der Waals surface area contributed by atoms with Crippen LogP contribution in [-0.4, -0.2) is 54.5 Å². The molecule has 0 bridgehead atoms. The average Bonchev–Trinajstić information content (AvgIpc) is 2.64. The van der Waals surface area contributed by atoms with Crippen molar-refractivity contribution in [2.45, 2.75) is 45.6 Å². The van der Waals surface area contributed by atoms with Crippen LogP contribution in [0, 0.1) is 5.41 Å². The molecular weight excluding hydrogens is 314 g/mol.